The maximum absolute atomic E-state index is 13.2. The van der Waals surface area contributed by atoms with Gasteiger partial charge in [-0.1, -0.05) is 23.2 Å². The maximum Gasteiger partial charge on any atom is 0.430 e. The number of fused-ring (bicyclic) bond motifs is 1. The first-order valence-electron chi connectivity index (χ1n) is 7.84. The Morgan fingerprint density at radius 3 is 2.20 bits per heavy atom. The van der Waals surface area contributed by atoms with Crippen LogP contribution >= 0.6 is 23.2 Å². The van der Waals surface area contributed by atoms with Gasteiger partial charge in [-0.3, -0.25) is 0 Å². The summed E-state index contributed by atoms with van der Waals surface area (Å²) in [6.45, 7) is 0. The van der Waals surface area contributed by atoms with Crippen LogP contribution in [-0.4, -0.2) is 23.4 Å². The minimum absolute atomic E-state index is 0.0830. The smallest absolute Gasteiger partial charge is 0.430 e. The molecule has 0 fully saturated rings. The molecular formula is C18H8Cl2F6O4. The van der Waals surface area contributed by atoms with E-state index >= 15 is 0 Å². The predicted molar refractivity (Wildman–Crippen MR) is 94.1 cm³/mol. The summed E-state index contributed by atoms with van der Waals surface area (Å²) in [5, 5.41) is 8.59. The molecule has 4 nitrogen and oxygen atoms in total. The van der Waals surface area contributed by atoms with E-state index in [1.54, 1.807) is 0 Å². The second-order valence-corrected chi connectivity index (χ2v) is 6.82. The van der Waals surface area contributed by atoms with E-state index in [0.717, 1.165) is 30.3 Å². The van der Waals surface area contributed by atoms with Gasteiger partial charge in [0.1, 0.15) is 17.2 Å². The van der Waals surface area contributed by atoms with E-state index in [0.29, 0.717) is 6.07 Å². The van der Waals surface area contributed by atoms with Gasteiger partial charge in [0.25, 0.3) is 0 Å². The Morgan fingerprint density at radius 2 is 1.63 bits per heavy atom. The molecule has 12 heteroatoms. The number of carboxylic acids is 1. The number of hydrogen-bond donors (Lipinski definition) is 1. The molecule has 160 valence electrons. The van der Waals surface area contributed by atoms with Gasteiger partial charge >= 0.3 is 18.3 Å². The van der Waals surface area contributed by atoms with Crippen LogP contribution in [0.1, 0.15) is 11.1 Å². The summed E-state index contributed by atoms with van der Waals surface area (Å²) in [5.74, 6) is -3.05. The zero-order valence-corrected chi connectivity index (χ0v) is 15.7. The van der Waals surface area contributed by atoms with Gasteiger partial charge < -0.3 is 14.6 Å². The molecule has 1 atom stereocenters. The normalized spacial score (nSPS) is 16.4. The summed E-state index contributed by atoms with van der Waals surface area (Å²) in [7, 11) is 0. The van der Waals surface area contributed by atoms with E-state index in [9.17, 15) is 31.1 Å². The summed E-state index contributed by atoms with van der Waals surface area (Å²) < 4.78 is 88.3. The lowest BCUT2D eigenvalue weighted by Crippen LogP contribution is -2.40. The molecule has 0 saturated heterocycles. The average Bonchev–Trinajstić information content (AvgIpc) is 2.61. The first-order chi connectivity index (χ1) is 13.8. The number of carbonyl (C=O) groups is 1. The Bertz CT molecular complexity index is 1050. The van der Waals surface area contributed by atoms with Crippen LogP contribution in [0.25, 0.3) is 6.08 Å². The minimum atomic E-state index is -5.03. The molecule has 1 heterocycles. The van der Waals surface area contributed by atoms with Gasteiger partial charge in [0.2, 0.25) is 6.10 Å². The molecule has 0 bridgehead atoms. The molecule has 3 rings (SSSR count). The van der Waals surface area contributed by atoms with Gasteiger partial charge in [0.05, 0.1) is 21.2 Å². The Labute approximate surface area is 174 Å². The van der Waals surface area contributed by atoms with Crippen molar-refractivity contribution in [3.8, 4) is 17.2 Å². The van der Waals surface area contributed by atoms with Crippen molar-refractivity contribution in [2.24, 2.45) is 0 Å². The van der Waals surface area contributed by atoms with Crippen molar-refractivity contribution in [2.75, 3.05) is 0 Å². The van der Waals surface area contributed by atoms with E-state index in [1.807, 2.05) is 0 Å². The highest BCUT2D eigenvalue weighted by molar-refractivity contribution is 6.33. The highest BCUT2D eigenvalue weighted by atomic mass is 35.5. The molecular weight excluding hydrogens is 465 g/mol. The fourth-order valence-electron chi connectivity index (χ4n) is 2.57. The Kier molecular flexibility index (Phi) is 5.59. The quantitative estimate of drug-likeness (QED) is 0.511. The van der Waals surface area contributed by atoms with Gasteiger partial charge in [-0.15, -0.1) is 0 Å². The van der Waals surface area contributed by atoms with Crippen LogP contribution in [0.5, 0.6) is 17.2 Å². The number of rotatable bonds is 3. The number of benzene rings is 2. The van der Waals surface area contributed by atoms with Gasteiger partial charge in [0.15, 0.2) is 0 Å². The first-order valence-corrected chi connectivity index (χ1v) is 8.59. The molecule has 0 aliphatic carbocycles. The SMILES string of the molecule is O=C(O)C1=Cc2cc(Cl)c(Oc3cc(C(F)(F)F)ccc3Cl)cc2OC1C(F)(F)F. The van der Waals surface area contributed by atoms with Crippen molar-refractivity contribution >= 4 is 35.2 Å². The van der Waals surface area contributed by atoms with Gasteiger partial charge in [-0.25, -0.2) is 4.79 Å². The van der Waals surface area contributed by atoms with E-state index in [1.165, 1.54) is 0 Å². The zero-order valence-electron chi connectivity index (χ0n) is 14.2. The molecule has 0 spiro atoms. The third-order valence-electron chi connectivity index (χ3n) is 3.93. The number of ether oxygens (including phenoxy) is 2. The van der Waals surface area contributed by atoms with Crippen LogP contribution in [-0.2, 0) is 11.0 Å². The van der Waals surface area contributed by atoms with E-state index in [2.05, 4.69) is 0 Å². The van der Waals surface area contributed by atoms with Gasteiger partial charge in [0, 0.05) is 11.6 Å². The van der Waals surface area contributed by atoms with Crippen LogP contribution in [0, 0.1) is 0 Å². The minimum Gasteiger partial charge on any atom is -0.478 e. The second-order valence-electron chi connectivity index (χ2n) is 6.01. The highest BCUT2D eigenvalue weighted by Crippen LogP contribution is 2.44. The predicted octanol–water partition coefficient (Wildman–Crippen LogP) is 6.60. The summed E-state index contributed by atoms with van der Waals surface area (Å²) in [6.07, 6.45) is -11.7. The average molecular weight is 473 g/mol. The molecule has 0 saturated carbocycles. The lowest BCUT2D eigenvalue weighted by atomic mass is 10.0. The third-order valence-corrected chi connectivity index (χ3v) is 4.53. The van der Waals surface area contributed by atoms with E-state index in [4.69, 9.17) is 37.8 Å². The number of aliphatic carboxylic acids is 1. The fraction of sp³-hybridized carbons (Fsp3) is 0.167. The molecule has 2 aromatic carbocycles. The largest absolute Gasteiger partial charge is 0.478 e. The lowest BCUT2D eigenvalue weighted by molar-refractivity contribution is -0.187. The van der Waals surface area contributed by atoms with Crippen LogP contribution < -0.4 is 9.47 Å². The summed E-state index contributed by atoms with van der Waals surface area (Å²) >= 11 is 11.8. The van der Waals surface area contributed by atoms with Crippen LogP contribution in [0.4, 0.5) is 26.3 Å². The molecule has 0 amide bonds. The fourth-order valence-corrected chi connectivity index (χ4v) is 2.94. The molecule has 1 N–H and O–H groups in total. The Hall–Kier alpha value is -2.59. The molecule has 2 aromatic rings. The molecule has 0 radical (unpaired) electrons. The molecule has 1 aliphatic rings. The number of alkyl halides is 6. The molecule has 1 aliphatic heterocycles. The summed E-state index contributed by atoms with van der Waals surface area (Å²) in [4.78, 5) is 11.2. The standard InChI is InChI=1S/C18H8Cl2F6O4/c19-10-2-1-8(17(21,22)23)5-13(10)29-14-6-12-7(4-11(14)20)3-9(16(27)28)15(30-12)18(24,25)26/h1-6,15H,(H,27,28). The number of halogens is 8. The van der Waals surface area contributed by atoms with Crippen molar-refractivity contribution in [1.29, 1.82) is 0 Å². The summed E-state index contributed by atoms with van der Waals surface area (Å²) in [6, 6.07) is 4.22. The second kappa shape index (κ2) is 7.59. The maximum atomic E-state index is 13.2. The van der Waals surface area contributed by atoms with Crippen molar-refractivity contribution in [2.45, 2.75) is 18.5 Å². The van der Waals surface area contributed by atoms with Crippen molar-refractivity contribution in [1.82, 2.24) is 0 Å². The Balaban J connectivity index is 2.03. The van der Waals surface area contributed by atoms with Crippen molar-refractivity contribution in [3.05, 3.63) is 57.1 Å². The van der Waals surface area contributed by atoms with Crippen molar-refractivity contribution in [3.63, 3.8) is 0 Å². The summed E-state index contributed by atoms with van der Waals surface area (Å²) in [5.41, 5.74) is -2.21. The molecule has 30 heavy (non-hydrogen) atoms. The van der Waals surface area contributed by atoms with E-state index < -0.39 is 47.1 Å². The highest BCUT2D eigenvalue weighted by Gasteiger charge is 2.48. The lowest BCUT2D eigenvalue weighted by Gasteiger charge is -2.27. The van der Waals surface area contributed by atoms with E-state index in [-0.39, 0.29) is 21.4 Å². The van der Waals surface area contributed by atoms with Crippen LogP contribution in [0.2, 0.25) is 10.0 Å². The topological polar surface area (TPSA) is 55.8 Å². The van der Waals surface area contributed by atoms with Crippen LogP contribution in [0.15, 0.2) is 35.9 Å². The Morgan fingerprint density at radius 1 is 1.00 bits per heavy atom. The van der Waals surface area contributed by atoms with Gasteiger partial charge in [-0.2, -0.15) is 26.3 Å². The number of carboxylic acid groups (broad SMARTS) is 1. The first kappa shape index (κ1) is 22.1. The molecule has 0 aromatic heterocycles. The molecule has 1 unspecified atom stereocenters. The van der Waals surface area contributed by atoms with Gasteiger partial charge in [-0.05, 0) is 30.3 Å². The van der Waals surface area contributed by atoms with Crippen LogP contribution in [0.3, 0.4) is 0 Å². The third kappa shape index (κ3) is 4.44. The van der Waals surface area contributed by atoms with Crippen molar-refractivity contribution < 1.29 is 45.7 Å². The number of hydrogen-bond acceptors (Lipinski definition) is 3. The zero-order chi connectivity index (χ0) is 22.4. The monoisotopic (exact) mass is 472 g/mol.